The van der Waals surface area contributed by atoms with Crippen molar-refractivity contribution in [1.82, 2.24) is 4.98 Å². The summed E-state index contributed by atoms with van der Waals surface area (Å²) in [7, 11) is 0. The van der Waals surface area contributed by atoms with Crippen LogP contribution < -0.4 is 0 Å². The lowest BCUT2D eigenvalue weighted by Crippen LogP contribution is -2.06. The summed E-state index contributed by atoms with van der Waals surface area (Å²) in [6, 6.07) is 0. The highest BCUT2D eigenvalue weighted by atomic mass is 32.1. The summed E-state index contributed by atoms with van der Waals surface area (Å²) in [5, 5.41) is 0. The van der Waals surface area contributed by atoms with Crippen molar-refractivity contribution in [2.24, 2.45) is 0 Å². The average molecular weight is 213 g/mol. The molecule has 0 amide bonds. The van der Waals surface area contributed by atoms with Crippen LogP contribution in [-0.2, 0) is 22.4 Å². The van der Waals surface area contributed by atoms with Crippen LogP contribution in [0.3, 0.4) is 0 Å². The second-order valence-electron chi connectivity index (χ2n) is 2.90. The average Bonchev–Trinajstić information content (AvgIpc) is 2.65. The Morgan fingerprint density at radius 3 is 3.00 bits per heavy atom. The van der Waals surface area contributed by atoms with E-state index in [-0.39, 0.29) is 5.97 Å². The standard InChI is InChI=1S/C10H15NO2S/c1-3-8-9(14-7-11-8)5-6-13-10(12)4-2/h7H,3-6H2,1-2H3. The molecule has 1 heterocycles. The largest absolute Gasteiger partial charge is 0.465 e. The van der Waals surface area contributed by atoms with E-state index in [0.29, 0.717) is 13.0 Å². The first kappa shape index (κ1) is 11.2. The number of hydrogen-bond donors (Lipinski definition) is 0. The molecule has 0 aliphatic carbocycles. The Morgan fingerprint density at radius 2 is 2.36 bits per heavy atom. The predicted molar refractivity (Wildman–Crippen MR) is 56.4 cm³/mol. The van der Waals surface area contributed by atoms with E-state index in [2.05, 4.69) is 11.9 Å². The molecule has 1 rings (SSSR count). The van der Waals surface area contributed by atoms with Crippen LogP contribution in [0.15, 0.2) is 5.51 Å². The van der Waals surface area contributed by atoms with E-state index < -0.39 is 0 Å². The van der Waals surface area contributed by atoms with Crippen molar-refractivity contribution in [3.8, 4) is 0 Å². The monoisotopic (exact) mass is 213 g/mol. The van der Waals surface area contributed by atoms with Gasteiger partial charge in [0.2, 0.25) is 0 Å². The molecule has 0 saturated heterocycles. The van der Waals surface area contributed by atoms with Gasteiger partial charge in [-0.05, 0) is 6.42 Å². The highest BCUT2D eigenvalue weighted by Crippen LogP contribution is 2.14. The van der Waals surface area contributed by atoms with Gasteiger partial charge in [0, 0.05) is 17.7 Å². The first-order chi connectivity index (χ1) is 6.77. The zero-order valence-electron chi connectivity index (χ0n) is 8.58. The van der Waals surface area contributed by atoms with Crippen molar-refractivity contribution in [2.75, 3.05) is 6.61 Å². The first-order valence-corrected chi connectivity index (χ1v) is 5.72. The third-order valence-corrected chi connectivity index (χ3v) is 2.88. The van der Waals surface area contributed by atoms with Gasteiger partial charge >= 0.3 is 5.97 Å². The Bertz CT molecular complexity index is 296. The number of thiazole rings is 1. The molecule has 0 saturated carbocycles. The minimum absolute atomic E-state index is 0.132. The van der Waals surface area contributed by atoms with Crippen LogP contribution in [0.4, 0.5) is 0 Å². The molecule has 14 heavy (non-hydrogen) atoms. The topological polar surface area (TPSA) is 39.2 Å². The summed E-state index contributed by atoms with van der Waals surface area (Å²) in [4.78, 5) is 16.3. The molecule has 4 heteroatoms. The molecule has 0 fully saturated rings. The van der Waals surface area contributed by atoms with Gasteiger partial charge in [-0.3, -0.25) is 4.79 Å². The summed E-state index contributed by atoms with van der Waals surface area (Å²) in [5.74, 6) is -0.132. The van der Waals surface area contributed by atoms with Crippen molar-refractivity contribution < 1.29 is 9.53 Å². The Kier molecular flexibility index (Phi) is 4.59. The van der Waals surface area contributed by atoms with Crippen LogP contribution in [0.1, 0.15) is 30.8 Å². The molecule has 0 N–H and O–H groups in total. The maximum Gasteiger partial charge on any atom is 0.305 e. The number of carbonyl (C=O) groups is 1. The number of nitrogens with zero attached hydrogens (tertiary/aromatic N) is 1. The van der Waals surface area contributed by atoms with Gasteiger partial charge in [0.25, 0.3) is 0 Å². The zero-order valence-corrected chi connectivity index (χ0v) is 9.39. The van der Waals surface area contributed by atoms with Crippen molar-refractivity contribution in [1.29, 1.82) is 0 Å². The van der Waals surface area contributed by atoms with E-state index in [0.717, 1.165) is 18.5 Å². The maximum absolute atomic E-state index is 10.9. The Hall–Kier alpha value is -0.900. The normalized spacial score (nSPS) is 10.1. The Morgan fingerprint density at radius 1 is 1.57 bits per heavy atom. The lowest BCUT2D eigenvalue weighted by molar-refractivity contribution is -0.143. The molecule has 0 bridgehead atoms. The second kappa shape index (κ2) is 5.75. The van der Waals surface area contributed by atoms with Crippen molar-refractivity contribution in [2.45, 2.75) is 33.1 Å². The fourth-order valence-corrected chi connectivity index (χ4v) is 1.99. The number of rotatable bonds is 5. The van der Waals surface area contributed by atoms with Gasteiger partial charge in [-0.1, -0.05) is 13.8 Å². The van der Waals surface area contributed by atoms with E-state index in [1.807, 2.05) is 5.51 Å². The summed E-state index contributed by atoms with van der Waals surface area (Å²) in [6.45, 7) is 4.35. The molecule has 0 aliphatic rings. The van der Waals surface area contributed by atoms with Crippen LogP contribution >= 0.6 is 11.3 Å². The fraction of sp³-hybridized carbons (Fsp3) is 0.600. The molecule has 0 unspecified atom stereocenters. The van der Waals surface area contributed by atoms with E-state index in [9.17, 15) is 4.79 Å². The molecule has 0 aliphatic heterocycles. The molecule has 1 aromatic rings. The van der Waals surface area contributed by atoms with Crippen LogP contribution in [0, 0.1) is 0 Å². The molecule has 0 radical (unpaired) electrons. The summed E-state index contributed by atoms with van der Waals surface area (Å²) < 4.78 is 5.00. The van der Waals surface area contributed by atoms with Gasteiger partial charge in [0.1, 0.15) is 0 Å². The van der Waals surface area contributed by atoms with Crippen LogP contribution in [0.2, 0.25) is 0 Å². The summed E-state index contributed by atoms with van der Waals surface area (Å²) >= 11 is 1.63. The van der Waals surface area contributed by atoms with E-state index in [1.54, 1.807) is 18.3 Å². The highest BCUT2D eigenvalue weighted by Gasteiger charge is 2.05. The van der Waals surface area contributed by atoms with Crippen molar-refractivity contribution in [3.05, 3.63) is 16.1 Å². The minimum Gasteiger partial charge on any atom is -0.465 e. The molecule has 1 aromatic heterocycles. The molecule has 3 nitrogen and oxygen atoms in total. The molecule has 0 spiro atoms. The van der Waals surface area contributed by atoms with Gasteiger partial charge in [-0.2, -0.15) is 0 Å². The van der Waals surface area contributed by atoms with Gasteiger partial charge < -0.3 is 4.74 Å². The molecular weight excluding hydrogens is 198 g/mol. The third kappa shape index (κ3) is 3.10. The second-order valence-corrected chi connectivity index (χ2v) is 3.84. The quantitative estimate of drug-likeness (QED) is 0.704. The lowest BCUT2D eigenvalue weighted by Gasteiger charge is -2.02. The highest BCUT2D eigenvalue weighted by molar-refractivity contribution is 7.09. The van der Waals surface area contributed by atoms with E-state index in [4.69, 9.17) is 4.74 Å². The fourth-order valence-electron chi connectivity index (χ4n) is 1.14. The number of carbonyl (C=O) groups excluding carboxylic acids is 1. The van der Waals surface area contributed by atoms with Crippen LogP contribution in [-0.4, -0.2) is 17.6 Å². The number of hydrogen-bond acceptors (Lipinski definition) is 4. The van der Waals surface area contributed by atoms with Crippen molar-refractivity contribution in [3.63, 3.8) is 0 Å². The van der Waals surface area contributed by atoms with Gasteiger partial charge in [0.05, 0.1) is 17.8 Å². The smallest absolute Gasteiger partial charge is 0.305 e. The lowest BCUT2D eigenvalue weighted by atomic mass is 10.2. The third-order valence-electron chi connectivity index (χ3n) is 1.94. The van der Waals surface area contributed by atoms with E-state index in [1.165, 1.54) is 4.88 Å². The van der Waals surface area contributed by atoms with Gasteiger partial charge in [0.15, 0.2) is 0 Å². The molecule has 78 valence electrons. The summed E-state index contributed by atoms with van der Waals surface area (Å²) in [6.07, 6.45) is 2.18. The molecule has 0 aromatic carbocycles. The number of aromatic nitrogens is 1. The molecule has 0 atom stereocenters. The summed E-state index contributed by atoms with van der Waals surface area (Å²) in [5.41, 5.74) is 2.97. The minimum atomic E-state index is -0.132. The number of esters is 1. The SMILES string of the molecule is CCC(=O)OCCc1scnc1CC. The first-order valence-electron chi connectivity index (χ1n) is 4.84. The van der Waals surface area contributed by atoms with E-state index >= 15 is 0 Å². The van der Waals surface area contributed by atoms with Crippen LogP contribution in [0.25, 0.3) is 0 Å². The van der Waals surface area contributed by atoms with Crippen molar-refractivity contribution >= 4 is 17.3 Å². The maximum atomic E-state index is 10.9. The van der Waals surface area contributed by atoms with Gasteiger partial charge in [-0.25, -0.2) is 4.98 Å². The van der Waals surface area contributed by atoms with Crippen LogP contribution in [0.5, 0.6) is 0 Å². The predicted octanol–water partition coefficient (Wildman–Crippen LogP) is 2.20. The number of aryl methyl sites for hydroxylation is 1. The Balaban J connectivity index is 2.34. The number of ether oxygens (including phenoxy) is 1. The zero-order chi connectivity index (χ0) is 10.4. The Labute approximate surface area is 88.1 Å². The van der Waals surface area contributed by atoms with Gasteiger partial charge in [-0.15, -0.1) is 11.3 Å². The molecular formula is C10H15NO2S.